The summed E-state index contributed by atoms with van der Waals surface area (Å²) in [5.41, 5.74) is 0.149. The second-order valence-electron chi connectivity index (χ2n) is 11.6. The highest BCUT2D eigenvalue weighted by Crippen LogP contribution is 2.80. The van der Waals surface area contributed by atoms with E-state index in [4.69, 9.17) is 0 Å². The fraction of sp³-hybridized carbons (Fsp3) is 0.640. The number of aliphatic hydroxyl groups excluding tert-OH is 1. The first-order valence-electron chi connectivity index (χ1n) is 12.1. The predicted octanol–water partition coefficient (Wildman–Crippen LogP) is 3.45. The van der Waals surface area contributed by atoms with Gasteiger partial charge in [0.05, 0.1) is 12.9 Å². The van der Waals surface area contributed by atoms with Gasteiger partial charge in [-0.1, -0.05) is 19.9 Å². The normalized spacial score (nSPS) is 36.4. The van der Waals surface area contributed by atoms with Crippen molar-refractivity contribution in [1.82, 2.24) is 24.9 Å². The van der Waals surface area contributed by atoms with Crippen LogP contribution in [0.4, 0.5) is 4.39 Å². The molecule has 4 aliphatic carbocycles. The molecule has 0 aliphatic heterocycles. The summed E-state index contributed by atoms with van der Waals surface area (Å²) in [6.45, 7) is 3.41. The second kappa shape index (κ2) is 7.01. The van der Waals surface area contributed by atoms with Crippen molar-refractivity contribution in [3.05, 3.63) is 36.3 Å². The molecule has 2 aromatic rings. The lowest BCUT2D eigenvalue weighted by molar-refractivity contribution is -0.134. The number of rotatable bonds is 7. The molecule has 33 heavy (non-hydrogen) atoms. The van der Waals surface area contributed by atoms with Crippen LogP contribution in [0.15, 0.2) is 30.7 Å². The molecule has 1 amide bonds. The number of aliphatic hydroxyl groups is 1. The van der Waals surface area contributed by atoms with Crippen LogP contribution in [0, 0.1) is 34.0 Å². The van der Waals surface area contributed by atoms with Gasteiger partial charge in [-0.3, -0.25) is 9.18 Å². The van der Waals surface area contributed by atoms with E-state index in [0.717, 1.165) is 25.7 Å². The summed E-state index contributed by atoms with van der Waals surface area (Å²) in [5, 5.41) is 22.3. The van der Waals surface area contributed by atoms with Gasteiger partial charge >= 0.3 is 0 Å². The summed E-state index contributed by atoms with van der Waals surface area (Å²) in [6.07, 6.45) is 14.2. The maximum atomic E-state index is 13.6. The number of aromatic nitrogens is 4. The van der Waals surface area contributed by atoms with E-state index in [1.165, 1.54) is 6.42 Å². The molecule has 8 heteroatoms. The summed E-state index contributed by atoms with van der Waals surface area (Å²) in [4.78, 5) is 13.6. The molecular formula is C25H32FN5O2. The van der Waals surface area contributed by atoms with E-state index in [2.05, 4.69) is 15.5 Å². The van der Waals surface area contributed by atoms with Gasteiger partial charge in [-0.15, -0.1) is 0 Å². The number of carbonyl (C=O) groups is 1. The molecule has 0 aromatic carbocycles. The molecule has 2 aromatic heterocycles. The Kier molecular flexibility index (Phi) is 4.48. The summed E-state index contributed by atoms with van der Waals surface area (Å²) < 4.78 is 16.5. The lowest BCUT2D eigenvalue weighted by Crippen LogP contribution is -2.59. The zero-order valence-electron chi connectivity index (χ0n) is 19.2. The quantitative estimate of drug-likeness (QED) is 0.673. The standard InChI is InChI=1S/C25H32FN5O2/c1-23(2,14-26)4-7-31-22(30-6-3-5-27-30)18(13-28-31)21(33)29-20-17-8-16-9-24(15-32)12-19(20)25(24,10-16)11-17/h3-7,13,16-17,19-20,32H,8-12,14-15H2,1-2H3,(H,29,33)/b7-4+/t16?,17?,19?,20-,24-,25?/m1/s1. The number of nitrogens with one attached hydrogen (secondary N) is 1. The minimum atomic E-state index is -0.626. The van der Waals surface area contributed by atoms with Gasteiger partial charge in [-0.2, -0.15) is 10.2 Å². The molecule has 4 aliphatic rings. The SMILES string of the molecule is CC(C)(/C=C/n1ncc(C(=O)N[C@@H]2C3CC4CC5(C3)C2C[C@@]5(CO)C4)c1-n1cccn1)CF. The molecule has 4 saturated carbocycles. The average molecular weight is 454 g/mol. The Morgan fingerprint density at radius 2 is 2.18 bits per heavy atom. The van der Waals surface area contributed by atoms with Gasteiger partial charge in [0.2, 0.25) is 0 Å². The highest BCUT2D eigenvalue weighted by atomic mass is 19.1. The fourth-order valence-corrected chi connectivity index (χ4v) is 7.84. The number of amides is 1. The Balaban J connectivity index is 1.29. The molecule has 176 valence electrons. The van der Waals surface area contributed by atoms with Crippen LogP contribution in [-0.4, -0.2) is 49.9 Å². The highest BCUT2D eigenvalue weighted by molar-refractivity contribution is 5.97. The number of halogens is 1. The van der Waals surface area contributed by atoms with Gasteiger partial charge in [0.25, 0.3) is 5.91 Å². The maximum Gasteiger partial charge on any atom is 0.257 e. The third-order valence-electron chi connectivity index (χ3n) is 9.26. The van der Waals surface area contributed by atoms with Crippen molar-refractivity contribution in [3.63, 3.8) is 0 Å². The summed E-state index contributed by atoms with van der Waals surface area (Å²) >= 11 is 0. The lowest BCUT2D eigenvalue weighted by atomic mass is 9.46. The fourth-order valence-electron chi connectivity index (χ4n) is 7.84. The van der Waals surface area contributed by atoms with E-state index in [9.17, 15) is 14.3 Å². The van der Waals surface area contributed by atoms with Gasteiger partial charge in [0.1, 0.15) is 5.56 Å². The molecule has 0 saturated heterocycles. The molecule has 2 N–H and O–H groups in total. The largest absolute Gasteiger partial charge is 0.396 e. The van der Waals surface area contributed by atoms with E-state index in [1.54, 1.807) is 46.3 Å². The van der Waals surface area contributed by atoms with E-state index in [-0.39, 0.29) is 29.4 Å². The Bertz CT molecular complexity index is 1110. The van der Waals surface area contributed by atoms with E-state index in [0.29, 0.717) is 29.1 Å². The number of allylic oxidation sites excluding steroid dienone is 1. The number of carbonyl (C=O) groups excluding carboxylic acids is 1. The van der Waals surface area contributed by atoms with Crippen LogP contribution in [0.1, 0.15) is 56.3 Å². The van der Waals surface area contributed by atoms with Crippen LogP contribution in [0.2, 0.25) is 0 Å². The van der Waals surface area contributed by atoms with Crippen molar-refractivity contribution in [1.29, 1.82) is 0 Å². The number of hydrogen-bond donors (Lipinski definition) is 2. The van der Waals surface area contributed by atoms with Gasteiger partial charge in [-0.25, -0.2) is 9.36 Å². The first-order valence-corrected chi connectivity index (χ1v) is 12.1. The monoisotopic (exact) mass is 453 g/mol. The minimum absolute atomic E-state index is 0.0929. The second-order valence-corrected chi connectivity index (χ2v) is 11.6. The molecule has 1 spiro atoms. The Morgan fingerprint density at radius 3 is 2.91 bits per heavy atom. The Hall–Kier alpha value is -2.48. The minimum Gasteiger partial charge on any atom is -0.396 e. The van der Waals surface area contributed by atoms with Crippen molar-refractivity contribution in [2.24, 2.45) is 34.0 Å². The van der Waals surface area contributed by atoms with Gasteiger partial charge in [-0.05, 0) is 61.3 Å². The van der Waals surface area contributed by atoms with Crippen molar-refractivity contribution in [2.45, 2.75) is 52.0 Å². The number of fused-ring (bicyclic) bond motifs is 2. The van der Waals surface area contributed by atoms with Gasteiger partial charge in [0, 0.05) is 42.1 Å². The summed E-state index contributed by atoms with van der Waals surface area (Å²) in [6, 6.07) is 1.95. The zero-order chi connectivity index (χ0) is 23.0. The Morgan fingerprint density at radius 1 is 1.33 bits per heavy atom. The number of alkyl halides is 1. The number of hydrogen-bond acceptors (Lipinski definition) is 4. The highest BCUT2D eigenvalue weighted by Gasteiger charge is 2.76. The zero-order valence-corrected chi connectivity index (χ0v) is 19.2. The van der Waals surface area contributed by atoms with Crippen LogP contribution >= 0.6 is 0 Å². The third-order valence-corrected chi connectivity index (χ3v) is 9.26. The van der Waals surface area contributed by atoms with Crippen molar-refractivity contribution in [3.8, 4) is 5.82 Å². The molecule has 6 rings (SSSR count). The molecule has 2 heterocycles. The molecule has 4 fully saturated rings. The van der Waals surface area contributed by atoms with Crippen LogP contribution in [0.5, 0.6) is 0 Å². The first-order chi connectivity index (χ1) is 15.8. The van der Waals surface area contributed by atoms with Gasteiger partial charge < -0.3 is 10.4 Å². The topological polar surface area (TPSA) is 85.0 Å². The van der Waals surface area contributed by atoms with Crippen LogP contribution < -0.4 is 5.32 Å². The maximum absolute atomic E-state index is 13.6. The molecular weight excluding hydrogens is 421 g/mol. The molecule has 0 radical (unpaired) electrons. The van der Waals surface area contributed by atoms with E-state index >= 15 is 0 Å². The van der Waals surface area contributed by atoms with E-state index in [1.807, 2.05) is 13.8 Å². The first kappa shape index (κ1) is 21.1. The lowest BCUT2D eigenvalue weighted by Gasteiger charge is -2.59. The van der Waals surface area contributed by atoms with Crippen LogP contribution in [-0.2, 0) is 0 Å². The summed E-state index contributed by atoms with van der Waals surface area (Å²) in [5.74, 6) is 2.04. The average Bonchev–Trinajstić information content (AvgIpc) is 3.53. The molecule has 7 nitrogen and oxygen atoms in total. The van der Waals surface area contributed by atoms with Crippen molar-refractivity contribution in [2.75, 3.05) is 13.3 Å². The van der Waals surface area contributed by atoms with Crippen molar-refractivity contribution < 1.29 is 14.3 Å². The smallest absolute Gasteiger partial charge is 0.257 e. The predicted molar refractivity (Wildman–Crippen MR) is 121 cm³/mol. The Labute approximate surface area is 193 Å². The third kappa shape index (κ3) is 2.85. The molecule has 6 atom stereocenters. The summed E-state index contributed by atoms with van der Waals surface area (Å²) in [7, 11) is 0. The van der Waals surface area contributed by atoms with Crippen LogP contribution in [0.3, 0.4) is 0 Å². The molecule has 3 bridgehead atoms. The number of nitrogens with zero attached hydrogens (tertiary/aromatic N) is 4. The van der Waals surface area contributed by atoms with Crippen LogP contribution in [0.25, 0.3) is 12.0 Å². The van der Waals surface area contributed by atoms with Crippen molar-refractivity contribution >= 4 is 12.1 Å². The molecule has 4 unspecified atom stereocenters. The van der Waals surface area contributed by atoms with Gasteiger partial charge in [0.15, 0.2) is 5.82 Å². The van der Waals surface area contributed by atoms with E-state index < -0.39 is 12.1 Å².